The Labute approximate surface area is 148 Å². The molecule has 0 unspecified atom stereocenters. The van der Waals surface area contributed by atoms with Crippen molar-refractivity contribution in [2.75, 3.05) is 24.7 Å². The molecular weight excluding hydrogens is 312 g/mol. The van der Waals surface area contributed by atoms with Crippen molar-refractivity contribution in [2.45, 2.75) is 26.7 Å². The Hall–Kier alpha value is -2.82. The Morgan fingerprint density at radius 1 is 0.880 bits per heavy atom. The second kappa shape index (κ2) is 6.97. The molecule has 0 radical (unpaired) electrons. The quantitative estimate of drug-likeness (QED) is 0.708. The molecule has 0 spiro atoms. The summed E-state index contributed by atoms with van der Waals surface area (Å²) in [6.07, 6.45) is 1.76. The van der Waals surface area contributed by atoms with Gasteiger partial charge >= 0.3 is 0 Å². The highest BCUT2D eigenvalue weighted by atomic mass is 16.4. The van der Waals surface area contributed by atoms with Crippen molar-refractivity contribution in [1.82, 2.24) is 10.2 Å². The van der Waals surface area contributed by atoms with Crippen LogP contribution < -0.4 is 10.6 Å². The summed E-state index contributed by atoms with van der Waals surface area (Å²) in [5, 5.41) is 8.50. The smallest absolute Gasteiger partial charge is 0.248 e. The van der Waals surface area contributed by atoms with E-state index in [9.17, 15) is 0 Å². The maximum Gasteiger partial charge on any atom is 0.248 e. The number of hydrogen-bond donors (Lipinski definition) is 1. The van der Waals surface area contributed by atoms with Gasteiger partial charge < -0.3 is 15.1 Å². The molecule has 5 heteroatoms. The van der Waals surface area contributed by atoms with Crippen LogP contribution in [0, 0.1) is 0 Å². The molecule has 2 aromatic carbocycles. The van der Waals surface area contributed by atoms with E-state index in [4.69, 9.17) is 10.2 Å². The molecule has 0 saturated carbocycles. The molecule has 2 N–H and O–H groups in total. The molecule has 0 atom stereocenters. The maximum atomic E-state index is 6.12. The standard InChI is InChI=1S/C20H24N4O/c1-5-15-16(6-2)18(21)12-11-17(15)20-23-22-19(25-20)13-7-9-14(10-8-13)24(3)4/h7-12H,5-6,21H2,1-4H3. The Bertz CT molecular complexity index is 866. The first-order valence-electron chi connectivity index (χ1n) is 8.57. The Kier molecular flexibility index (Phi) is 4.74. The van der Waals surface area contributed by atoms with Crippen LogP contribution >= 0.6 is 0 Å². The number of benzene rings is 2. The van der Waals surface area contributed by atoms with Crippen LogP contribution in [0.25, 0.3) is 22.9 Å². The number of aromatic nitrogens is 2. The number of rotatable bonds is 5. The van der Waals surface area contributed by atoms with Crippen molar-refractivity contribution in [2.24, 2.45) is 0 Å². The monoisotopic (exact) mass is 336 g/mol. The molecule has 0 fully saturated rings. The van der Waals surface area contributed by atoms with E-state index in [1.807, 2.05) is 50.5 Å². The lowest BCUT2D eigenvalue weighted by Crippen LogP contribution is -2.07. The highest BCUT2D eigenvalue weighted by Crippen LogP contribution is 2.32. The average Bonchev–Trinajstić information content (AvgIpc) is 3.11. The maximum absolute atomic E-state index is 6.12. The van der Waals surface area contributed by atoms with Crippen LogP contribution in [0.5, 0.6) is 0 Å². The van der Waals surface area contributed by atoms with Gasteiger partial charge in [0.25, 0.3) is 0 Å². The molecule has 1 heterocycles. The van der Waals surface area contributed by atoms with Crippen molar-refractivity contribution >= 4 is 11.4 Å². The fourth-order valence-corrected chi connectivity index (χ4v) is 3.08. The van der Waals surface area contributed by atoms with Crippen LogP contribution in [0.2, 0.25) is 0 Å². The molecule has 1 aromatic heterocycles. The Morgan fingerprint density at radius 2 is 1.52 bits per heavy atom. The third-order valence-corrected chi connectivity index (χ3v) is 4.46. The highest BCUT2D eigenvalue weighted by Gasteiger charge is 2.16. The van der Waals surface area contributed by atoms with Crippen LogP contribution in [-0.4, -0.2) is 24.3 Å². The molecule has 3 rings (SSSR count). The van der Waals surface area contributed by atoms with E-state index in [2.05, 4.69) is 28.9 Å². The zero-order chi connectivity index (χ0) is 18.0. The van der Waals surface area contributed by atoms with E-state index in [0.717, 1.165) is 40.9 Å². The summed E-state index contributed by atoms with van der Waals surface area (Å²) in [4.78, 5) is 2.05. The minimum Gasteiger partial charge on any atom is -0.416 e. The molecule has 0 amide bonds. The van der Waals surface area contributed by atoms with Crippen LogP contribution in [0.3, 0.4) is 0 Å². The van der Waals surface area contributed by atoms with Gasteiger partial charge in [-0.15, -0.1) is 10.2 Å². The molecule has 3 aromatic rings. The second-order valence-electron chi connectivity index (χ2n) is 6.22. The van der Waals surface area contributed by atoms with E-state index in [1.165, 1.54) is 5.56 Å². The molecule has 5 nitrogen and oxygen atoms in total. The lowest BCUT2D eigenvalue weighted by Gasteiger charge is -2.12. The summed E-state index contributed by atoms with van der Waals surface area (Å²) in [6, 6.07) is 12.0. The predicted octanol–water partition coefficient (Wildman–Crippen LogP) is 4.18. The van der Waals surface area contributed by atoms with Gasteiger partial charge in [0, 0.05) is 36.6 Å². The second-order valence-corrected chi connectivity index (χ2v) is 6.22. The minimum atomic E-state index is 0.525. The summed E-state index contributed by atoms with van der Waals surface area (Å²) >= 11 is 0. The predicted molar refractivity (Wildman–Crippen MR) is 103 cm³/mol. The average molecular weight is 336 g/mol. The molecule has 0 aliphatic carbocycles. The molecule has 0 bridgehead atoms. The van der Waals surface area contributed by atoms with Gasteiger partial charge in [0.05, 0.1) is 0 Å². The van der Waals surface area contributed by atoms with Crippen LogP contribution in [0.15, 0.2) is 40.8 Å². The number of nitrogens with zero attached hydrogens (tertiary/aromatic N) is 3. The van der Waals surface area contributed by atoms with Gasteiger partial charge in [0.1, 0.15) is 0 Å². The SMILES string of the molecule is CCc1c(N)ccc(-c2nnc(-c3ccc(N(C)C)cc3)o2)c1CC. The van der Waals surface area contributed by atoms with Crippen LogP contribution in [0.1, 0.15) is 25.0 Å². The van der Waals surface area contributed by atoms with Gasteiger partial charge in [-0.1, -0.05) is 13.8 Å². The fourth-order valence-electron chi connectivity index (χ4n) is 3.08. The summed E-state index contributed by atoms with van der Waals surface area (Å²) in [5.74, 6) is 1.07. The third kappa shape index (κ3) is 3.22. The van der Waals surface area contributed by atoms with Crippen molar-refractivity contribution in [1.29, 1.82) is 0 Å². The number of hydrogen-bond acceptors (Lipinski definition) is 5. The van der Waals surface area contributed by atoms with E-state index in [-0.39, 0.29) is 0 Å². The van der Waals surface area contributed by atoms with E-state index in [0.29, 0.717) is 11.8 Å². The number of nitrogens with two attached hydrogens (primary N) is 1. The highest BCUT2D eigenvalue weighted by molar-refractivity contribution is 5.68. The zero-order valence-electron chi connectivity index (χ0n) is 15.2. The van der Waals surface area contributed by atoms with Gasteiger partial charge in [-0.3, -0.25) is 0 Å². The van der Waals surface area contributed by atoms with Crippen molar-refractivity contribution in [3.63, 3.8) is 0 Å². The van der Waals surface area contributed by atoms with Crippen LogP contribution in [-0.2, 0) is 12.8 Å². The molecule has 130 valence electrons. The summed E-state index contributed by atoms with van der Waals surface area (Å²) in [5.41, 5.74) is 12.3. The first kappa shape index (κ1) is 17.0. The topological polar surface area (TPSA) is 68.2 Å². The van der Waals surface area contributed by atoms with Gasteiger partial charge in [-0.25, -0.2) is 0 Å². The van der Waals surface area contributed by atoms with E-state index < -0.39 is 0 Å². The summed E-state index contributed by atoms with van der Waals surface area (Å²) < 4.78 is 5.96. The lowest BCUT2D eigenvalue weighted by atomic mass is 9.95. The fraction of sp³-hybridized carbons (Fsp3) is 0.300. The molecule has 0 aliphatic rings. The first-order chi connectivity index (χ1) is 12.0. The minimum absolute atomic E-state index is 0.525. The van der Waals surface area contributed by atoms with E-state index >= 15 is 0 Å². The van der Waals surface area contributed by atoms with Gasteiger partial charge in [-0.2, -0.15) is 0 Å². The first-order valence-corrected chi connectivity index (χ1v) is 8.57. The largest absolute Gasteiger partial charge is 0.416 e. The summed E-state index contributed by atoms with van der Waals surface area (Å²) in [7, 11) is 4.02. The van der Waals surface area contributed by atoms with Crippen LogP contribution in [0.4, 0.5) is 11.4 Å². The molecule has 0 aliphatic heterocycles. The lowest BCUT2D eigenvalue weighted by molar-refractivity contribution is 0.583. The van der Waals surface area contributed by atoms with Gasteiger partial charge in [0.2, 0.25) is 11.8 Å². The van der Waals surface area contributed by atoms with E-state index in [1.54, 1.807) is 0 Å². The Balaban J connectivity index is 1.99. The van der Waals surface area contributed by atoms with Gasteiger partial charge in [0.15, 0.2) is 0 Å². The van der Waals surface area contributed by atoms with Crippen molar-refractivity contribution in [3.8, 4) is 22.9 Å². The molecule has 0 saturated heterocycles. The van der Waals surface area contributed by atoms with Gasteiger partial charge in [-0.05, 0) is 60.4 Å². The zero-order valence-corrected chi connectivity index (χ0v) is 15.2. The van der Waals surface area contributed by atoms with Crippen molar-refractivity contribution in [3.05, 3.63) is 47.5 Å². The van der Waals surface area contributed by atoms with Crippen molar-refractivity contribution < 1.29 is 4.42 Å². The Morgan fingerprint density at radius 3 is 2.12 bits per heavy atom. The summed E-state index contributed by atoms with van der Waals surface area (Å²) in [6.45, 7) is 4.23. The number of nitrogen functional groups attached to an aromatic ring is 1. The normalized spacial score (nSPS) is 10.9. The third-order valence-electron chi connectivity index (χ3n) is 4.46. The molecule has 25 heavy (non-hydrogen) atoms. The number of anilines is 2. The molecular formula is C20H24N4O.